The zero-order valence-electron chi connectivity index (χ0n) is 14.8. The molecular weight excluding hydrogens is 346 g/mol. The molecular formula is C19H19N5O3. The summed E-state index contributed by atoms with van der Waals surface area (Å²) in [4.78, 5) is 12.1. The van der Waals surface area contributed by atoms with Crippen molar-refractivity contribution in [2.45, 2.75) is 18.9 Å². The predicted molar refractivity (Wildman–Crippen MR) is 98.6 cm³/mol. The molecule has 1 aliphatic rings. The second-order valence-corrected chi connectivity index (χ2v) is 6.27. The second kappa shape index (κ2) is 7.45. The Hall–Kier alpha value is -3.42. The van der Waals surface area contributed by atoms with E-state index in [9.17, 15) is 4.79 Å². The summed E-state index contributed by atoms with van der Waals surface area (Å²) in [6.07, 6.45) is 2.22. The molecule has 0 radical (unpaired) electrons. The topological polar surface area (TPSA) is 91.2 Å². The highest BCUT2D eigenvalue weighted by Crippen LogP contribution is 2.36. The van der Waals surface area contributed by atoms with Gasteiger partial charge in [0.2, 0.25) is 0 Å². The van der Waals surface area contributed by atoms with E-state index in [-0.39, 0.29) is 12.5 Å². The molecule has 8 nitrogen and oxygen atoms in total. The number of hydrogen-bond acceptors (Lipinski definition) is 6. The standard InChI is InChI=1S/C19H19N5O3/c1-26-16-8-10-17(11-9-16)27-12-18(25)20-14-4-2-13(3-5-14)19-21-22-23-24(19)15-6-7-15/h2-5,8-11,15H,6-7,12H2,1H3,(H,20,25). The van der Waals surface area contributed by atoms with Crippen LogP contribution in [0, 0.1) is 0 Å². The summed E-state index contributed by atoms with van der Waals surface area (Å²) in [6.45, 7) is -0.0754. The Morgan fingerprint density at radius 3 is 2.48 bits per heavy atom. The summed E-state index contributed by atoms with van der Waals surface area (Å²) in [6, 6.07) is 14.9. The third kappa shape index (κ3) is 4.05. The first-order valence-electron chi connectivity index (χ1n) is 8.68. The molecule has 0 bridgehead atoms. The molecule has 1 heterocycles. The van der Waals surface area contributed by atoms with Crippen molar-refractivity contribution in [3.05, 3.63) is 48.5 Å². The Balaban J connectivity index is 1.33. The van der Waals surface area contributed by atoms with Crippen LogP contribution in [-0.2, 0) is 4.79 Å². The van der Waals surface area contributed by atoms with Crippen molar-refractivity contribution < 1.29 is 14.3 Å². The van der Waals surface area contributed by atoms with Gasteiger partial charge in [0.15, 0.2) is 12.4 Å². The Morgan fingerprint density at radius 2 is 1.81 bits per heavy atom. The molecule has 0 aliphatic heterocycles. The Labute approximate surface area is 156 Å². The minimum atomic E-state index is -0.235. The highest BCUT2D eigenvalue weighted by atomic mass is 16.5. The molecule has 1 aliphatic carbocycles. The number of benzene rings is 2. The van der Waals surface area contributed by atoms with Gasteiger partial charge in [-0.2, -0.15) is 0 Å². The summed E-state index contributed by atoms with van der Waals surface area (Å²) in [5.41, 5.74) is 1.60. The van der Waals surface area contributed by atoms with Crippen LogP contribution in [0.3, 0.4) is 0 Å². The van der Waals surface area contributed by atoms with Gasteiger partial charge in [-0.3, -0.25) is 4.79 Å². The largest absolute Gasteiger partial charge is 0.497 e. The fourth-order valence-corrected chi connectivity index (χ4v) is 2.67. The number of hydrogen-bond donors (Lipinski definition) is 1. The molecule has 0 unspecified atom stereocenters. The Bertz CT molecular complexity index is 917. The lowest BCUT2D eigenvalue weighted by molar-refractivity contribution is -0.118. The number of nitrogens with one attached hydrogen (secondary N) is 1. The van der Waals surface area contributed by atoms with Crippen LogP contribution in [0.25, 0.3) is 11.4 Å². The van der Waals surface area contributed by atoms with Crippen molar-refractivity contribution in [1.82, 2.24) is 20.2 Å². The van der Waals surface area contributed by atoms with Crippen LogP contribution in [0.5, 0.6) is 11.5 Å². The lowest BCUT2D eigenvalue weighted by Crippen LogP contribution is -2.20. The maximum atomic E-state index is 12.1. The molecule has 1 N–H and O–H groups in total. The van der Waals surface area contributed by atoms with E-state index < -0.39 is 0 Å². The van der Waals surface area contributed by atoms with Gasteiger partial charge in [0.05, 0.1) is 13.2 Å². The molecule has 4 rings (SSSR count). The van der Waals surface area contributed by atoms with Crippen molar-refractivity contribution in [3.63, 3.8) is 0 Å². The number of methoxy groups -OCH3 is 1. The highest BCUT2D eigenvalue weighted by molar-refractivity contribution is 5.92. The van der Waals surface area contributed by atoms with Crippen LogP contribution < -0.4 is 14.8 Å². The maximum Gasteiger partial charge on any atom is 0.262 e. The number of tetrazole rings is 1. The second-order valence-electron chi connectivity index (χ2n) is 6.27. The van der Waals surface area contributed by atoms with Crippen LogP contribution in [0.2, 0.25) is 0 Å². The number of carbonyl (C=O) groups is 1. The first-order chi connectivity index (χ1) is 13.2. The monoisotopic (exact) mass is 365 g/mol. The third-order valence-corrected chi connectivity index (χ3v) is 4.24. The average molecular weight is 365 g/mol. The van der Waals surface area contributed by atoms with E-state index in [0.29, 0.717) is 17.5 Å². The molecule has 138 valence electrons. The van der Waals surface area contributed by atoms with Crippen molar-refractivity contribution in [3.8, 4) is 22.9 Å². The number of amides is 1. The van der Waals surface area contributed by atoms with Crippen LogP contribution in [0.1, 0.15) is 18.9 Å². The smallest absolute Gasteiger partial charge is 0.262 e. The number of rotatable bonds is 7. The van der Waals surface area contributed by atoms with E-state index in [2.05, 4.69) is 20.8 Å². The fraction of sp³-hybridized carbons (Fsp3) is 0.263. The molecule has 0 spiro atoms. The number of nitrogens with zero attached hydrogens (tertiary/aromatic N) is 4. The van der Waals surface area contributed by atoms with Gasteiger partial charge in [-0.05, 0) is 71.8 Å². The lowest BCUT2D eigenvalue weighted by Gasteiger charge is -2.09. The van der Waals surface area contributed by atoms with E-state index in [1.54, 1.807) is 31.4 Å². The quantitative estimate of drug-likeness (QED) is 0.692. The van der Waals surface area contributed by atoms with Gasteiger partial charge in [-0.1, -0.05) is 0 Å². The lowest BCUT2D eigenvalue weighted by atomic mass is 10.2. The molecule has 2 aromatic carbocycles. The molecule has 3 aromatic rings. The van der Waals surface area contributed by atoms with Gasteiger partial charge in [0, 0.05) is 11.3 Å². The molecule has 1 saturated carbocycles. The molecule has 1 fully saturated rings. The first kappa shape index (κ1) is 17.0. The highest BCUT2D eigenvalue weighted by Gasteiger charge is 2.28. The van der Waals surface area contributed by atoms with Crippen molar-refractivity contribution >= 4 is 11.6 Å². The first-order valence-corrected chi connectivity index (χ1v) is 8.68. The van der Waals surface area contributed by atoms with Gasteiger partial charge in [0.1, 0.15) is 11.5 Å². The molecule has 0 saturated heterocycles. The summed E-state index contributed by atoms with van der Waals surface area (Å²) in [7, 11) is 1.60. The number of ether oxygens (including phenoxy) is 2. The maximum absolute atomic E-state index is 12.1. The summed E-state index contributed by atoms with van der Waals surface area (Å²) >= 11 is 0. The van der Waals surface area contributed by atoms with Crippen LogP contribution in [-0.4, -0.2) is 39.8 Å². The van der Waals surface area contributed by atoms with Crippen LogP contribution >= 0.6 is 0 Å². The zero-order chi connectivity index (χ0) is 18.6. The van der Waals surface area contributed by atoms with Crippen molar-refractivity contribution in [1.29, 1.82) is 0 Å². The van der Waals surface area contributed by atoms with Crippen LogP contribution in [0.4, 0.5) is 5.69 Å². The molecule has 8 heteroatoms. The Morgan fingerprint density at radius 1 is 1.11 bits per heavy atom. The van der Waals surface area contributed by atoms with E-state index in [4.69, 9.17) is 9.47 Å². The summed E-state index contributed by atoms with van der Waals surface area (Å²) in [5, 5.41) is 14.7. The SMILES string of the molecule is COc1ccc(OCC(=O)Nc2ccc(-c3nnnn3C3CC3)cc2)cc1. The van der Waals surface area contributed by atoms with Gasteiger partial charge < -0.3 is 14.8 Å². The third-order valence-electron chi connectivity index (χ3n) is 4.24. The van der Waals surface area contributed by atoms with Crippen molar-refractivity contribution in [2.24, 2.45) is 0 Å². The molecule has 1 aromatic heterocycles. The van der Waals surface area contributed by atoms with Gasteiger partial charge in [-0.25, -0.2) is 4.68 Å². The number of anilines is 1. The zero-order valence-corrected chi connectivity index (χ0v) is 14.8. The normalized spacial score (nSPS) is 13.2. The van der Waals surface area contributed by atoms with Crippen molar-refractivity contribution in [2.75, 3.05) is 19.0 Å². The molecule has 27 heavy (non-hydrogen) atoms. The summed E-state index contributed by atoms with van der Waals surface area (Å²) in [5.74, 6) is 1.85. The fourth-order valence-electron chi connectivity index (χ4n) is 2.67. The molecule has 1 amide bonds. The van der Waals surface area contributed by atoms with Gasteiger partial charge >= 0.3 is 0 Å². The Kier molecular flexibility index (Phi) is 4.69. The number of aromatic nitrogens is 4. The van der Waals surface area contributed by atoms with E-state index >= 15 is 0 Å². The van der Waals surface area contributed by atoms with E-state index in [0.717, 1.165) is 30.0 Å². The summed E-state index contributed by atoms with van der Waals surface area (Å²) < 4.78 is 12.4. The molecule has 0 atom stereocenters. The van der Waals surface area contributed by atoms with E-state index in [1.165, 1.54) is 0 Å². The minimum absolute atomic E-state index is 0.0754. The van der Waals surface area contributed by atoms with Gasteiger partial charge in [-0.15, -0.1) is 5.10 Å². The van der Waals surface area contributed by atoms with Gasteiger partial charge in [0.25, 0.3) is 5.91 Å². The van der Waals surface area contributed by atoms with Crippen LogP contribution in [0.15, 0.2) is 48.5 Å². The average Bonchev–Trinajstić information content (AvgIpc) is 3.44. The predicted octanol–water partition coefficient (Wildman–Crippen LogP) is 2.70. The number of carbonyl (C=O) groups excluding carboxylic acids is 1. The minimum Gasteiger partial charge on any atom is -0.497 e. The van der Waals surface area contributed by atoms with E-state index in [1.807, 2.05) is 28.9 Å².